The first kappa shape index (κ1) is 12.2. The summed E-state index contributed by atoms with van der Waals surface area (Å²) in [4.78, 5) is 12.1. The Hall–Kier alpha value is 0.250. The minimum atomic E-state index is -1.43. The van der Waals surface area contributed by atoms with E-state index in [0.29, 0.717) is 0 Å². The van der Waals surface area contributed by atoms with Crippen molar-refractivity contribution in [3.05, 3.63) is 4.91 Å². The molecule has 0 aromatic carbocycles. The Morgan fingerprint density at radius 2 is 2.17 bits per heavy atom. The summed E-state index contributed by atoms with van der Waals surface area (Å²) in [6.07, 6.45) is 0.777. The molecule has 2 unspecified atom stereocenters. The standard InChI is InChI=1S/C7H16IN2O2/c1-4-6(2,8-3)7(9,11)5-10-12/h11H,4-5,9H2,1-3H3/q-1. The fraction of sp³-hybridized carbons (Fsp3) is 1.00. The molecular formula is C7H16IN2O2-. The van der Waals surface area contributed by atoms with Gasteiger partial charge >= 0.3 is 83.0 Å². The Morgan fingerprint density at radius 1 is 1.67 bits per heavy atom. The van der Waals surface area contributed by atoms with E-state index in [1.807, 2.05) is 18.8 Å². The van der Waals surface area contributed by atoms with Gasteiger partial charge in [0.1, 0.15) is 0 Å². The van der Waals surface area contributed by atoms with E-state index in [2.05, 4.69) is 5.18 Å². The van der Waals surface area contributed by atoms with Gasteiger partial charge < -0.3 is 0 Å². The van der Waals surface area contributed by atoms with E-state index < -0.39 is 5.72 Å². The summed E-state index contributed by atoms with van der Waals surface area (Å²) in [5, 5.41) is 12.4. The number of nitrogens with two attached hydrogens (primary N) is 1. The molecule has 3 N–H and O–H groups in total. The summed E-state index contributed by atoms with van der Waals surface area (Å²) < 4.78 is -0.320. The van der Waals surface area contributed by atoms with Gasteiger partial charge in [0.25, 0.3) is 0 Å². The second-order valence-corrected chi connectivity index (χ2v) is 6.41. The number of rotatable bonds is 5. The van der Waals surface area contributed by atoms with Crippen molar-refractivity contribution in [2.75, 3.05) is 11.5 Å². The molecule has 0 rings (SSSR count). The van der Waals surface area contributed by atoms with Crippen LogP contribution < -0.4 is 26.9 Å². The van der Waals surface area contributed by atoms with Crippen LogP contribution in [0, 0.1) is 4.91 Å². The molecule has 0 aromatic rings. The Labute approximate surface area is 83.1 Å². The zero-order valence-electron chi connectivity index (χ0n) is 7.67. The van der Waals surface area contributed by atoms with Gasteiger partial charge in [-0.15, -0.1) is 0 Å². The van der Waals surface area contributed by atoms with Gasteiger partial charge in [0.15, 0.2) is 0 Å². The van der Waals surface area contributed by atoms with Crippen molar-refractivity contribution in [2.45, 2.75) is 29.4 Å². The first-order chi connectivity index (χ1) is 5.43. The maximum atomic E-state index is 10.0. The van der Waals surface area contributed by atoms with Crippen molar-refractivity contribution in [3.63, 3.8) is 0 Å². The van der Waals surface area contributed by atoms with Gasteiger partial charge in [0, 0.05) is 0 Å². The summed E-state index contributed by atoms with van der Waals surface area (Å²) in [6.45, 7) is 3.65. The van der Waals surface area contributed by atoms with E-state index in [0.717, 1.165) is 6.42 Å². The summed E-state index contributed by atoms with van der Waals surface area (Å²) in [6, 6.07) is 0. The number of halogens is 1. The van der Waals surface area contributed by atoms with Crippen LogP contribution in [0.15, 0.2) is 5.18 Å². The molecule has 0 bridgehead atoms. The molecule has 4 nitrogen and oxygen atoms in total. The number of hydrogen-bond acceptors (Lipinski definition) is 4. The molecule has 0 fully saturated rings. The molecule has 0 radical (unpaired) electrons. The SMILES string of the molecule is CCC(C)([I-]C)C(N)(O)CN=O. The molecular weight excluding hydrogens is 271 g/mol. The number of alkyl halides is 2. The molecule has 0 aliphatic rings. The minimum absolute atomic E-state index is 0.217. The average Bonchev–Trinajstić information content (AvgIpc) is 2.02. The third-order valence-corrected chi connectivity index (χ3v) is 6.37. The first-order valence-corrected chi connectivity index (χ1v) is 6.98. The number of aliphatic hydroxyl groups is 1. The van der Waals surface area contributed by atoms with E-state index in [9.17, 15) is 10.0 Å². The Bertz CT molecular complexity index is 157. The molecule has 0 amide bonds. The zero-order chi connectivity index (χ0) is 9.83. The molecule has 0 heterocycles. The molecule has 74 valence electrons. The maximum absolute atomic E-state index is 10.0. The topological polar surface area (TPSA) is 75.7 Å². The summed E-state index contributed by atoms with van der Waals surface area (Å²) in [5.74, 6) is 0. The number of hydrogen-bond donors (Lipinski definition) is 2. The van der Waals surface area contributed by atoms with Crippen LogP contribution in [0.25, 0.3) is 0 Å². The summed E-state index contributed by atoms with van der Waals surface area (Å²) >= 11 is -0.218. The third-order valence-electron chi connectivity index (χ3n) is 2.29. The predicted molar refractivity (Wildman–Crippen MR) is 44.4 cm³/mol. The molecule has 0 saturated carbocycles. The van der Waals surface area contributed by atoms with Crippen molar-refractivity contribution in [2.24, 2.45) is 10.9 Å². The predicted octanol–water partition coefficient (Wildman–Crippen LogP) is -2.71. The summed E-state index contributed by atoms with van der Waals surface area (Å²) in [7, 11) is 0. The van der Waals surface area contributed by atoms with E-state index in [-0.39, 0.29) is 31.2 Å². The van der Waals surface area contributed by atoms with Crippen LogP contribution in [0.5, 0.6) is 0 Å². The van der Waals surface area contributed by atoms with E-state index >= 15 is 0 Å². The van der Waals surface area contributed by atoms with Gasteiger partial charge in [-0.2, -0.15) is 0 Å². The Kier molecular flexibility index (Phi) is 4.57. The van der Waals surface area contributed by atoms with Crippen molar-refractivity contribution in [3.8, 4) is 0 Å². The van der Waals surface area contributed by atoms with Gasteiger partial charge in [0.2, 0.25) is 0 Å². The number of nitrogens with zero attached hydrogens (tertiary/aromatic N) is 1. The average molecular weight is 287 g/mol. The van der Waals surface area contributed by atoms with Gasteiger partial charge in [-0.25, -0.2) is 0 Å². The number of nitroso groups, excluding NO2 is 1. The molecule has 0 spiro atoms. The monoisotopic (exact) mass is 287 g/mol. The third kappa shape index (κ3) is 2.37. The molecule has 5 heteroatoms. The van der Waals surface area contributed by atoms with Gasteiger partial charge in [-0.1, -0.05) is 0 Å². The zero-order valence-corrected chi connectivity index (χ0v) is 9.83. The Balaban J connectivity index is 4.56. The van der Waals surface area contributed by atoms with Gasteiger partial charge in [-0.05, 0) is 0 Å². The van der Waals surface area contributed by atoms with Crippen LogP contribution in [-0.2, 0) is 0 Å². The van der Waals surface area contributed by atoms with Gasteiger partial charge in [0.05, 0.1) is 0 Å². The van der Waals surface area contributed by atoms with Crippen molar-refractivity contribution in [1.29, 1.82) is 0 Å². The molecule has 2 atom stereocenters. The van der Waals surface area contributed by atoms with Crippen molar-refractivity contribution in [1.82, 2.24) is 0 Å². The fourth-order valence-electron chi connectivity index (χ4n) is 0.867. The van der Waals surface area contributed by atoms with E-state index in [1.165, 1.54) is 0 Å². The molecule has 0 saturated heterocycles. The fourth-order valence-corrected chi connectivity index (χ4v) is 2.73. The normalized spacial score (nSPS) is 21.4. The second kappa shape index (κ2) is 4.48. The summed E-state index contributed by atoms with van der Waals surface area (Å²) in [5.41, 5.74) is 4.19. The van der Waals surface area contributed by atoms with Crippen LogP contribution in [0.4, 0.5) is 0 Å². The first-order valence-electron chi connectivity index (χ1n) is 3.74. The molecule has 0 aliphatic carbocycles. The van der Waals surface area contributed by atoms with Crippen molar-refractivity contribution < 1.29 is 26.3 Å². The quantitative estimate of drug-likeness (QED) is 0.250. The van der Waals surface area contributed by atoms with Crippen LogP contribution in [0.3, 0.4) is 0 Å². The van der Waals surface area contributed by atoms with Crippen LogP contribution in [0.2, 0.25) is 0 Å². The van der Waals surface area contributed by atoms with E-state index in [4.69, 9.17) is 5.73 Å². The Morgan fingerprint density at radius 3 is 2.42 bits per heavy atom. The van der Waals surface area contributed by atoms with Gasteiger partial charge in [-0.3, -0.25) is 0 Å². The molecule has 0 aliphatic heterocycles. The van der Waals surface area contributed by atoms with Crippen LogP contribution in [-0.4, -0.2) is 25.7 Å². The van der Waals surface area contributed by atoms with Crippen LogP contribution in [0.1, 0.15) is 20.3 Å². The second-order valence-electron chi connectivity index (χ2n) is 2.95. The molecule has 12 heavy (non-hydrogen) atoms. The van der Waals surface area contributed by atoms with Crippen molar-refractivity contribution >= 4 is 0 Å². The van der Waals surface area contributed by atoms with Crippen LogP contribution >= 0.6 is 0 Å². The molecule has 0 aromatic heterocycles. The van der Waals surface area contributed by atoms with E-state index in [1.54, 1.807) is 0 Å².